The van der Waals surface area contributed by atoms with Crippen LogP contribution >= 0.6 is 0 Å². The second-order valence-electron chi connectivity index (χ2n) is 7.28. The van der Waals surface area contributed by atoms with Crippen LogP contribution < -0.4 is 4.90 Å². The van der Waals surface area contributed by atoms with Crippen molar-refractivity contribution in [1.29, 1.82) is 0 Å². The number of aromatic nitrogens is 3. The van der Waals surface area contributed by atoms with Crippen molar-refractivity contribution >= 4 is 26.7 Å². The van der Waals surface area contributed by atoms with E-state index < -0.39 is 22.0 Å². The molecule has 1 aromatic carbocycles. The standard InChI is InChI=1S/C19H20F3N5O3S/c1-12-16(13(2)30-25-12)31(28,29)27-9-5-8-26(10-11-27)17-14-6-3-4-7-15(14)23-18(24-17)19(20,21)22/h3-4,6-7H,5,8-11H2,1-2H3. The highest BCUT2D eigenvalue weighted by molar-refractivity contribution is 7.89. The van der Waals surface area contributed by atoms with Gasteiger partial charge in [0.15, 0.2) is 5.76 Å². The minimum absolute atomic E-state index is 0.0350. The third kappa shape index (κ3) is 3.97. The van der Waals surface area contributed by atoms with Gasteiger partial charge in [-0.1, -0.05) is 17.3 Å². The van der Waals surface area contributed by atoms with Crippen molar-refractivity contribution in [2.45, 2.75) is 31.3 Å². The Morgan fingerprint density at radius 2 is 1.77 bits per heavy atom. The van der Waals surface area contributed by atoms with Crippen molar-refractivity contribution in [3.63, 3.8) is 0 Å². The molecule has 3 heterocycles. The monoisotopic (exact) mass is 455 g/mol. The Morgan fingerprint density at radius 1 is 1.03 bits per heavy atom. The van der Waals surface area contributed by atoms with Gasteiger partial charge in [0.2, 0.25) is 15.8 Å². The summed E-state index contributed by atoms with van der Waals surface area (Å²) in [5.41, 5.74) is 0.458. The molecule has 1 fully saturated rings. The van der Waals surface area contributed by atoms with E-state index in [9.17, 15) is 21.6 Å². The third-order valence-corrected chi connectivity index (χ3v) is 7.30. The van der Waals surface area contributed by atoms with E-state index in [1.54, 1.807) is 30.0 Å². The second kappa shape index (κ2) is 7.75. The van der Waals surface area contributed by atoms with Crippen LogP contribution in [-0.4, -0.2) is 54.0 Å². The van der Waals surface area contributed by atoms with Crippen molar-refractivity contribution in [2.75, 3.05) is 31.1 Å². The summed E-state index contributed by atoms with van der Waals surface area (Å²) >= 11 is 0. The van der Waals surface area contributed by atoms with Crippen LogP contribution in [-0.2, 0) is 16.2 Å². The van der Waals surface area contributed by atoms with Crippen LogP contribution in [0.25, 0.3) is 10.9 Å². The molecule has 0 atom stereocenters. The number of rotatable bonds is 3. The van der Waals surface area contributed by atoms with Gasteiger partial charge in [0.25, 0.3) is 0 Å². The van der Waals surface area contributed by atoms with E-state index in [0.717, 1.165) is 0 Å². The molecule has 8 nitrogen and oxygen atoms in total. The fourth-order valence-corrected chi connectivity index (χ4v) is 5.51. The molecule has 2 aromatic heterocycles. The Balaban J connectivity index is 1.68. The predicted octanol–water partition coefficient (Wildman–Crippen LogP) is 3.15. The van der Waals surface area contributed by atoms with Crippen molar-refractivity contribution < 1.29 is 26.1 Å². The Morgan fingerprint density at radius 3 is 2.45 bits per heavy atom. The van der Waals surface area contributed by atoms with E-state index in [2.05, 4.69) is 15.1 Å². The minimum atomic E-state index is -4.69. The summed E-state index contributed by atoms with van der Waals surface area (Å²) in [5, 5.41) is 4.20. The number of halogens is 3. The number of fused-ring (bicyclic) bond motifs is 1. The zero-order chi connectivity index (χ0) is 22.4. The first-order valence-electron chi connectivity index (χ1n) is 9.61. The summed E-state index contributed by atoms with van der Waals surface area (Å²) in [6.07, 6.45) is -4.27. The molecular weight excluding hydrogens is 435 g/mol. The van der Waals surface area contributed by atoms with Gasteiger partial charge in [0.1, 0.15) is 16.4 Å². The van der Waals surface area contributed by atoms with Crippen molar-refractivity contribution in [3.8, 4) is 0 Å². The average Bonchev–Trinajstić information content (AvgIpc) is 2.91. The highest BCUT2D eigenvalue weighted by Gasteiger charge is 2.37. The maximum Gasteiger partial charge on any atom is 0.451 e. The van der Waals surface area contributed by atoms with E-state index in [1.165, 1.54) is 17.3 Å². The number of para-hydroxylation sites is 1. The number of aryl methyl sites for hydroxylation is 2. The maximum absolute atomic E-state index is 13.3. The molecule has 0 aliphatic carbocycles. The van der Waals surface area contributed by atoms with Gasteiger partial charge in [0.05, 0.1) is 5.52 Å². The Kier molecular flexibility index (Phi) is 5.38. The maximum atomic E-state index is 13.3. The van der Waals surface area contributed by atoms with Crippen LogP contribution in [0.1, 0.15) is 23.7 Å². The first kappa shape index (κ1) is 21.5. The van der Waals surface area contributed by atoms with Crippen LogP contribution in [0.5, 0.6) is 0 Å². The highest BCUT2D eigenvalue weighted by atomic mass is 32.2. The zero-order valence-corrected chi connectivity index (χ0v) is 17.7. The summed E-state index contributed by atoms with van der Waals surface area (Å²) in [4.78, 5) is 9.16. The number of hydrogen-bond acceptors (Lipinski definition) is 7. The van der Waals surface area contributed by atoms with Crippen LogP contribution in [0.2, 0.25) is 0 Å². The molecular formula is C19H20F3N5O3S. The molecule has 4 rings (SSSR count). The number of sulfonamides is 1. The van der Waals surface area contributed by atoms with Gasteiger partial charge in [-0.3, -0.25) is 0 Å². The van der Waals surface area contributed by atoms with Gasteiger partial charge in [0, 0.05) is 31.6 Å². The molecule has 1 saturated heterocycles. The molecule has 0 saturated carbocycles. The molecule has 0 unspecified atom stereocenters. The molecule has 0 radical (unpaired) electrons. The van der Waals surface area contributed by atoms with E-state index in [4.69, 9.17) is 4.52 Å². The van der Waals surface area contributed by atoms with Gasteiger partial charge in [-0.05, 0) is 32.4 Å². The fraction of sp³-hybridized carbons (Fsp3) is 0.421. The summed E-state index contributed by atoms with van der Waals surface area (Å²) in [7, 11) is -3.85. The minimum Gasteiger partial charge on any atom is -0.360 e. The molecule has 12 heteroatoms. The van der Waals surface area contributed by atoms with Crippen LogP contribution in [0.3, 0.4) is 0 Å². The Labute approximate surface area is 176 Å². The number of alkyl halides is 3. The predicted molar refractivity (Wildman–Crippen MR) is 106 cm³/mol. The van der Waals surface area contributed by atoms with Gasteiger partial charge in [-0.2, -0.15) is 17.5 Å². The number of nitrogens with zero attached hydrogens (tertiary/aromatic N) is 5. The van der Waals surface area contributed by atoms with E-state index in [0.29, 0.717) is 18.4 Å². The average molecular weight is 455 g/mol. The number of benzene rings is 1. The van der Waals surface area contributed by atoms with Gasteiger partial charge < -0.3 is 9.42 Å². The van der Waals surface area contributed by atoms with Crippen LogP contribution in [0.4, 0.5) is 19.0 Å². The second-order valence-corrected chi connectivity index (χ2v) is 9.16. The van der Waals surface area contributed by atoms with Crippen LogP contribution in [0.15, 0.2) is 33.7 Å². The molecule has 0 N–H and O–H groups in total. The normalized spacial score (nSPS) is 16.6. The summed E-state index contributed by atoms with van der Waals surface area (Å²) in [6, 6.07) is 6.48. The van der Waals surface area contributed by atoms with E-state index in [1.807, 2.05) is 0 Å². The molecule has 1 aliphatic heterocycles. The molecule has 0 spiro atoms. The van der Waals surface area contributed by atoms with Crippen molar-refractivity contribution in [1.82, 2.24) is 19.4 Å². The molecule has 3 aromatic rings. The van der Waals surface area contributed by atoms with Crippen molar-refractivity contribution in [2.24, 2.45) is 0 Å². The quantitative estimate of drug-likeness (QED) is 0.599. The van der Waals surface area contributed by atoms with E-state index >= 15 is 0 Å². The van der Waals surface area contributed by atoms with Crippen LogP contribution in [0, 0.1) is 13.8 Å². The molecule has 1 aliphatic rings. The molecule has 31 heavy (non-hydrogen) atoms. The molecule has 0 bridgehead atoms. The fourth-order valence-electron chi connectivity index (χ4n) is 3.75. The lowest BCUT2D eigenvalue weighted by Crippen LogP contribution is -2.36. The lowest BCUT2D eigenvalue weighted by Gasteiger charge is -2.24. The van der Waals surface area contributed by atoms with Gasteiger partial charge in [-0.15, -0.1) is 0 Å². The first-order valence-corrected chi connectivity index (χ1v) is 11.0. The molecule has 166 valence electrons. The highest BCUT2D eigenvalue weighted by Crippen LogP contribution is 2.32. The smallest absolute Gasteiger partial charge is 0.360 e. The molecule has 0 amide bonds. The lowest BCUT2D eigenvalue weighted by atomic mass is 10.2. The largest absolute Gasteiger partial charge is 0.451 e. The van der Waals surface area contributed by atoms with E-state index in [-0.39, 0.29) is 47.3 Å². The lowest BCUT2D eigenvalue weighted by molar-refractivity contribution is -0.144. The Hall–Kier alpha value is -2.73. The summed E-state index contributed by atoms with van der Waals surface area (Å²) in [6.45, 7) is 3.93. The topological polar surface area (TPSA) is 92.4 Å². The number of hydrogen-bond donors (Lipinski definition) is 0. The van der Waals surface area contributed by atoms with Gasteiger partial charge >= 0.3 is 6.18 Å². The first-order chi connectivity index (χ1) is 14.6. The Bertz CT molecular complexity index is 1210. The summed E-state index contributed by atoms with van der Waals surface area (Å²) < 4.78 is 72.6. The number of anilines is 1. The SMILES string of the molecule is Cc1noc(C)c1S(=O)(=O)N1CCCN(c2nc(C(F)(F)F)nc3ccccc23)CC1. The van der Waals surface area contributed by atoms with Gasteiger partial charge in [-0.25, -0.2) is 18.4 Å². The zero-order valence-electron chi connectivity index (χ0n) is 16.8. The van der Waals surface area contributed by atoms with Crippen molar-refractivity contribution in [3.05, 3.63) is 41.5 Å². The summed E-state index contributed by atoms with van der Waals surface area (Å²) in [5.74, 6) is -0.865. The third-order valence-electron chi connectivity index (χ3n) is 5.16.